The third-order valence-corrected chi connectivity index (χ3v) is 3.97. The van der Waals surface area contributed by atoms with E-state index in [2.05, 4.69) is 0 Å². The van der Waals surface area contributed by atoms with Gasteiger partial charge in [-0.1, -0.05) is 0 Å². The zero-order valence-corrected chi connectivity index (χ0v) is 13.0. The molecule has 6 nitrogen and oxygen atoms in total. The number of esters is 1. The quantitative estimate of drug-likeness (QED) is 0.691. The second-order valence-electron chi connectivity index (χ2n) is 6.83. The highest BCUT2D eigenvalue weighted by Gasteiger charge is 2.47. The number of methoxy groups -OCH3 is 1. The van der Waals surface area contributed by atoms with Gasteiger partial charge in [0, 0.05) is 24.9 Å². The highest BCUT2D eigenvalue weighted by atomic mass is 16.6. The Balaban J connectivity index is 2.15. The molecule has 0 spiro atoms. The van der Waals surface area contributed by atoms with Crippen LogP contribution < -0.4 is 0 Å². The smallest absolute Gasteiger partial charge is 0.410 e. The second kappa shape index (κ2) is 5.66. The summed E-state index contributed by atoms with van der Waals surface area (Å²) in [4.78, 5) is 37.5. The summed E-state index contributed by atoms with van der Waals surface area (Å²) in [5.74, 6) is -0.354. The summed E-state index contributed by atoms with van der Waals surface area (Å²) in [7, 11) is 1.36. The van der Waals surface area contributed by atoms with Crippen molar-refractivity contribution in [1.29, 1.82) is 0 Å². The Kier molecular flexibility index (Phi) is 4.25. The van der Waals surface area contributed by atoms with Gasteiger partial charge in [0.15, 0.2) is 0 Å². The number of hydrogen-bond acceptors (Lipinski definition) is 5. The van der Waals surface area contributed by atoms with Crippen molar-refractivity contribution >= 4 is 17.8 Å². The van der Waals surface area contributed by atoms with Crippen LogP contribution in [-0.2, 0) is 19.1 Å². The molecule has 0 N–H and O–H groups in total. The maximum absolute atomic E-state index is 12.4. The third-order valence-electron chi connectivity index (χ3n) is 3.97. The average Bonchev–Trinajstić information content (AvgIpc) is 2.33. The molecule has 118 valence electrons. The van der Waals surface area contributed by atoms with Gasteiger partial charge in [-0.2, -0.15) is 0 Å². The number of hydrogen-bond donors (Lipinski definition) is 0. The van der Waals surface area contributed by atoms with Crippen LogP contribution >= 0.6 is 0 Å². The molecule has 2 bridgehead atoms. The van der Waals surface area contributed by atoms with Crippen LogP contribution in [0.4, 0.5) is 4.79 Å². The van der Waals surface area contributed by atoms with E-state index in [-0.39, 0.29) is 29.8 Å². The van der Waals surface area contributed by atoms with E-state index < -0.39 is 11.7 Å². The van der Waals surface area contributed by atoms with Crippen molar-refractivity contribution in [2.24, 2.45) is 5.92 Å². The molecule has 2 saturated heterocycles. The van der Waals surface area contributed by atoms with Gasteiger partial charge in [-0.15, -0.1) is 0 Å². The fraction of sp³-hybridized carbons (Fsp3) is 0.800. The van der Waals surface area contributed by atoms with Crippen LogP contribution in [0.25, 0.3) is 0 Å². The topological polar surface area (TPSA) is 72.9 Å². The van der Waals surface area contributed by atoms with Crippen LogP contribution in [0.5, 0.6) is 0 Å². The van der Waals surface area contributed by atoms with Gasteiger partial charge in [0.25, 0.3) is 0 Å². The Hall–Kier alpha value is -1.59. The molecule has 6 heteroatoms. The Bertz CT molecular complexity index is 435. The molecule has 2 heterocycles. The van der Waals surface area contributed by atoms with Crippen LogP contribution in [0.2, 0.25) is 0 Å². The Morgan fingerprint density at radius 2 is 1.67 bits per heavy atom. The molecule has 2 atom stereocenters. The highest BCUT2D eigenvalue weighted by Crippen LogP contribution is 2.37. The summed E-state index contributed by atoms with van der Waals surface area (Å²) in [5.41, 5.74) is -0.575. The number of ketones is 1. The summed E-state index contributed by atoms with van der Waals surface area (Å²) in [6.45, 7) is 5.44. The fourth-order valence-electron chi connectivity index (χ4n) is 3.22. The minimum absolute atomic E-state index is 0.146. The summed E-state index contributed by atoms with van der Waals surface area (Å²) in [6.07, 6.45) is 1.13. The van der Waals surface area contributed by atoms with Crippen molar-refractivity contribution in [2.75, 3.05) is 7.11 Å². The maximum Gasteiger partial charge on any atom is 0.410 e. The number of piperidine rings is 2. The summed E-state index contributed by atoms with van der Waals surface area (Å²) < 4.78 is 10.2. The number of nitrogens with zero attached hydrogens (tertiary/aromatic N) is 1. The normalized spacial score (nSPS) is 29.0. The summed E-state index contributed by atoms with van der Waals surface area (Å²) in [6, 6.07) is -0.520. The van der Waals surface area contributed by atoms with E-state index >= 15 is 0 Å². The lowest BCUT2D eigenvalue weighted by atomic mass is 9.78. The Morgan fingerprint density at radius 1 is 1.14 bits per heavy atom. The molecule has 2 aliphatic heterocycles. The van der Waals surface area contributed by atoms with Crippen molar-refractivity contribution < 1.29 is 23.9 Å². The molecular formula is C15H23NO5. The molecule has 0 unspecified atom stereocenters. The summed E-state index contributed by atoms with van der Waals surface area (Å²) in [5, 5.41) is 0. The van der Waals surface area contributed by atoms with Gasteiger partial charge in [0.1, 0.15) is 11.4 Å². The van der Waals surface area contributed by atoms with E-state index in [1.807, 2.05) is 20.8 Å². The number of amides is 1. The van der Waals surface area contributed by atoms with Gasteiger partial charge in [0.2, 0.25) is 0 Å². The lowest BCUT2D eigenvalue weighted by Crippen LogP contribution is -2.58. The predicted molar refractivity (Wildman–Crippen MR) is 74.6 cm³/mol. The van der Waals surface area contributed by atoms with Crippen molar-refractivity contribution in [3.8, 4) is 0 Å². The first kappa shape index (κ1) is 15.8. The van der Waals surface area contributed by atoms with E-state index in [1.54, 1.807) is 4.90 Å². The molecule has 0 radical (unpaired) electrons. The largest absolute Gasteiger partial charge is 0.469 e. The molecule has 0 aromatic rings. The minimum atomic E-state index is -0.575. The van der Waals surface area contributed by atoms with E-state index in [0.717, 1.165) is 0 Å². The first-order valence-electron chi connectivity index (χ1n) is 7.32. The lowest BCUT2D eigenvalue weighted by molar-refractivity contribution is -0.151. The van der Waals surface area contributed by atoms with Gasteiger partial charge in [0.05, 0.1) is 13.0 Å². The Morgan fingerprint density at radius 3 is 2.10 bits per heavy atom. The van der Waals surface area contributed by atoms with Gasteiger partial charge >= 0.3 is 12.1 Å². The lowest BCUT2D eigenvalue weighted by Gasteiger charge is -2.47. The van der Waals surface area contributed by atoms with Crippen molar-refractivity contribution in [3.05, 3.63) is 0 Å². The molecule has 2 rings (SSSR count). The molecule has 0 aromatic heterocycles. The molecular weight excluding hydrogens is 274 g/mol. The van der Waals surface area contributed by atoms with E-state index in [4.69, 9.17) is 9.47 Å². The van der Waals surface area contributed by atoms with Gasteiger partial charge < -0.3 is 14.4 Å². The van der Waals surface area contributed by atoms with Crippen LogP contribution in [0.15, 0.2) is 0 Å². The van der Waals surface area contributed by atoms with Crippen molar-refractivity contribution in [2.45, 2.75) is 64.1 Å². The molecule has 21 heavy (non-hydrogen) atoms. The van der Waals surface area contributed by atoms with Crippen molar-refractivity contribution in [1.82, 2.24) is 4.90 Å². The first-order valence-corrected chi connectivity index (χ1v) is 7.32. The fourth-order valence-corrected chi connectivity index (χ4v) is 3.22. The molecule has 1 amide bonds. The number of rotatable bonds is 1. The van der Waals surface area contributed by atoms with E-state index in [0.29, 0.717) is 25.7 Å². The third kappa shape index (κ3) is 3.54. The van der Waals surface area contributed by atoms with Gasteiger partial charge in [-0.05, 0) is 33.6 Å². The van der Waals surface area contributed by atoms with E-state index in [1.165, 1.54) is 7.11 Å². The number of ether oxygens (including phenoxy) is 2. The Labute approximate surface area is 124 Å². The monoisotopic (exact) mass is 297 g/mol. The zero-order chi connectivity index (χ0) is 15.8. The zero-order valence-electron chi connectivity index (χ0n) is 13.0. The van der Waals surface area contributed by atoms with Gasteiger partial charge in [-0.25, -0.2) is 4.79 Å². The molecule has 0 saturated carbocycles. The SMILES string of the molecule is COC(=O)C1C[C@H]2CC(=O)C[C@H](C1)N2C(=O)OC(C)(C)C. The number of carbonyl (C=O) groups excluding carboxylic acids is 3. The van der Waals surface area contributed by atoms with Crippen LogP contribution in [0.3, 0.4) is 0 Å². The standard InChI is InChI=1S/C15H23NO5/c1-15(2,3)21-14(19)16-10-5-9(13(18)20-4)6-11(16)8-12(17)7-10/h9-11H,5-8H2,1-4H3/t10-,11-/m0/s1. The number of carbonyl (C=O) groups is 3. The molecule has 0 aliphatic carbocycles. The summed E-state index contributed by atoms with van der Waals surface area (Å²) >= 11 is 0. The van der Waals surface area contributed by atoms with Crippen LogP contribution in [-0.4, -0.2) is 47.5 Å². The van der Waals surface area contributed by atoms with E-state index in [9.17, 15) is 14.4 Å². The number of fused-ring (bicyclic) bond motifs is 2. The highest BCUT2D eigenvalue weighted by molar-refractivity contribution is 5.84. The minimum Gasteiger partial charge on any atom is -0.469 e. The van der Waals surface area contributed by atoms with Gasteiger partial charge in [-0.3, -0.25) is 9.59 Å². The van der Waals surface area contributed by atoms with Crippen LogP contribution in [0.1, 0.15) is 46.5 Å². The number of Topliss-reactive ketones (excluding diaryl/α,β-unsaturated/α-hetero) is 1. The molecule has 2 fully saturated rings. The first-order chi connectivity index (χ1) is 9.71. The average molecular weight is 297 g/mol. The predicted octanol–water partition coefficient (Wildman–Crippen LogP) is 1.91. The molecule has 0 aromatic carbocycles. The second-order valence-corrected chi connectivity index (χ2v) is 6.83. The van der Waals surface area contributed by atoms with Crippen LogP contribution in [0, 0.1) is 5.92 Å². The molecule has 2 aliphatic rings. The van der Waals surface area contributed by atoms with Crippen molar-refractivity contribution in [3.63, 3.8) is 0 Å². The maximum atomic E-state index is 12.4.